The minimum absolute atomic E-state index is 0.0237. The van der Waals surface area contributed by atoms with Crippen molar-refractivity contribution in [2.45, 2.75) is 12.8 Å². The number of thioether (sulfide) groups is 1. The van der Waals surface area contributed by atoms with Crippen molar-refractivity contribution in [3.05, 3.63) is 29.8 Å². The number of aliphatic carboxylic acids is 1. The summed E-state index contributed by atoms with van der Waals surface area (Å²) in [6.45, 7) is 0.325. The molecule has 0 radical (unpaired) electrons. The van der Waals surface area contributed by atoms with Crippen molar-refractivity contribution >= 4 is 23.6 Å². The summed E-state index contributed by atoms with van der Waals surface area (Å²) in [4.78, 5) is 21.8. The molecule has 1 aromatic rings. The van der Waals surface area contributed by atoms with E-state index in [1.54, 1.807) is 0 Å². The lowest BCUT2D eigenvalue weighted by Crippen LogP contribution is -2.27. The number of hydrogen-bond acceptors (Lipinski definition) is 4. The second kappa shape index (κ2) is 8.52. The Bertz CT molecular complexity index is 505. The molecule has 5 nitrogen and oxygen atoms in total. The van der Waals surface area contributed by atoms with E-state index in [0.717, 1.165) is 12.1 Å². The minimum Gasteiger partial charge on any atom is -0.481 e. The molecule has 1 rings (SSSR count). The number of amides is 1. The molecule has 0 saturated carbocycles. The molecule has 0 aliphatic carbocycles. The predicted octanol–water partition coefficient (Wildman–Crippen LogP) is 2.06. The first-order chi connectivity index (χ1) is 10.3. The van der Waals surface area contributed by atoms with E-state index in [9.17, 15) is 22.8 Å². The van der Waals surface area contributed by atoms with Crippen molar-refractivity contribution < 1.29 is 32.6 Å². The van der Waals surface area contributed by atoms with E-state index in [1.807, 2.05) is 0 Å². The lowest BCUT2D eigenvalue weighted by molar-refractivity contribution is -0.274. The third kappa shape index (κ3) is 8.40. The number of benzene rings is 1. The summed E-state index contributed by atoms with van der Waals surface area (Å²) in [5.41, 5.74) is 0.546. The molecule has 0 aromatic heterocycles. The van der Waals surface area contributed by atoms with Crippen LogP contribution in [0.3, 0.4) is 0 Å². The lowest BCUT2D eigenvalue weighted by Gasteiger charge is -2.09. The van der Waals surface area contributed by atoms with E-state index in [1.165, 1.54) is 23.9 Å². The van der Waals surface area contributed by atoms with Gasteiger partial charge in [-0.1, -0.05) is 12.1 Å². The van der Waals surface area contributed by atoms with E-state index in [2.05, 4.69) is 10.1 Å². The number of carbonyl (C=O) groups excluding carboxylic acids is 1. The predicted molar refractivity (Wildman–Crippen MR) is 74.8 cm³/mol. The maximum Gasteiger partial charge on any atom is 0.573 e. The van der Waals surface area contributed by atoms with Crippen LogP contribution in [-0.2, 0) is 16.0 Å². The molecule has 0 aliphatic heterocycles. The Labute approximate surface area is 128 Å². The third-order valence-corrected chi connectivity index (χ3v) is 3.26. The minimum atomic E-state index is -4.74. The van der Waals surface area contributed by atoms with E-state index >= 15 is 0 Å². The van der Waals surface area contributed by atoms with Gasteiger partial charge in [-0.25, -0.2) is 0 Å². The van der Waals surface area contributed by atoms with Gasteiger partial charge < -0.3 is 15.2 Å². The summed E-state index contributed by atoms with van der Waals surface area (Å²) >= 11 is 1.18. The molecule has 1 aromatic carbocycles. The fourth-order valence-electron chi connectivity index (χ4n) is 1.48. The van der Waals surface area contributed by atoms with Crippen molar-refractivity contribution in [2.75, 3.05) is 18.1 Å². The molecule has 9 heteroatoms. The molecule has 22 heavy (non-hydrogen) atoms. The number of carbonyl (C=O) groups is 2. The summed E-state index contributed by atoms with van der Waals surface area (Å²) in [6, 6.07) is 5.03. The SMILES string of the molecule is O=C(O)CSCCNC(=O)Cc1ccc(OC(F)(F)F)cc1. The molecular formula is C13H14F3NO4S. The Hall–Kier alpha value is -1.90. The zero-order chi connectivity index (χ0) is 16.6. The molecule has 0 saturated heterocycles. The monoisotopic (exact) mass is 337 g/mol. The average molecular weight is 337 g/mol. The van der Waals surface area contributed by atoms with Crippen LogP contribution in [0.25, 0.3) is 0 Å². The van der Waals surface area contributed by atoms with Crippen LogP contribution in [0.1, 0.15) is 5.56 Å². The van der Waals surface area contributed by atoms with Gasteiger partial charge in [0.25, 0.3) is 0 Å². The summed E-state index contributed by atoms with van der Waals surface area (Å²) in [7, 11) is 0. The molecule has 0 bridgehead atoms. The summed E-state index contributed by atoms with van der Waals surface area (Å²) in [6.07, 6.45) is -4.72. The van der Waals surface area contributed by atoms with E-state index < -0.39 is 12.3 Å². The van der Waals surface area contributed by atoms with Gasteiger partial charge in [-0.05, 0) is 17.7 Å². The number of carboxylic acid groups (broad SMARTS) is 1. The maximum atomic E-state index is 12.0. The van der Waals surface area contributed by atoms with Crippen molar-refractivity contribution in [3.8, 4) is 5.75 Å². The average Bonchev–Trinajstić information content (AvgIpc) is 2.38. The smallest absolute Gasteiger partial charge is 0.481 e. The maximum absolute atomic E-state index is 12.0. The number of hydrogen-bond donors (Lipinski definition) is 2. The molecule has 0 fully saturated rings. The molecule has 1 amide bonds. The van der Waals surface area contributed by atoms with Crippen molar-refractivity contribution in [1.82, 2.24) is 5.32 Å². The van der Waals surface area contributed by atoms with Crippen molar-refractivity contribution in [1.29, 1.82) is 0 Å². The van der Waals surface area contributed by atoms with Crippen molar-refractivity contribution in [2.24, 2.45) is 0 Å². The number of carboxylic acids is 1. The lowest BCUT2D eigenvalue weighted by atomic mass is 10.1. The fraction of sp³-hybridized carbons (Fsp3) is 0.385. The van der Waals surface area contributed by atoms with Gasteiger partial charge in [0.15, 0.2) is 0 Å². The highest BCUT2D eigenvalue weighted by molar-refractivity contribution is 7.99. The molecule has 122 valence electrons. The van der Waals surface area contributed by atoms with Crippen LogP contribution >= 0.6 is 11.8 Å². The van der Waals surface area contributed by atoms with Crippen LogP contribution in [0.5, 0.6) is 5.75 Å². The van der Waals surface area contributed by atoms with Gasteiger partial charge in [0, 0.05) is 12.3 Å². The number of alkyl halides is 3. The highest BCUT2D eigenvalue weighted by Crippen LogP contribution is 2.22. The van der Waals surface area contributed by atoms with Crippen LogP contribution in [0.4, 0.5) is 13.2 Å². The number of ether oxygens (including phenoxy) is 1. The second-order valence-corrected chi connectivity index (χ2v) is 5.27. The Morgan fingerprint density at radius 3 is 2.41 bits per heavy atom. The number of halogens is 3. The Balaban J connectivity index is 2.31. The molecule has 0 spiro atoms. The highest BCUT2D eigenvalue weighted by Gasteiger charge is 2.30. The van der Waals surface area contributed by atoms with E-state index in [-0.39, 0.29) is 23.8 Å². The van der Waals surface area contributed by atoms with E-state index in [4.69, 9.17) is 5.11 Å². The summed E-state index contributed by atoms with van der Waals surface area (Å²) < 4.78 is 39.7. The molecule has 0 atom stereocenters. The highest BCUT2D eigenvalue weighted by atomic mass is 32.2. The van der Waals surface area contributed by atoms with Crippen LogP contribution < -0.4 is 10.1 Å². The zero-order valence-corrected chi connectivity index (χ0v) is 12.2. The number of rotatable bonds is 8. The second-order valence-electron chi connectivity index (χ2n) is 4.16. The summed E-state index contributed by atoms with van der Waals surface area (Å²) in [5.74, 6) is -1.12. The van der Waals surface area contributed by atoms with Gasteiger partial charge in [0.05, 0.1) is 12.2 Å². The van der Waals surface area contributed by atoms with Gasteiger partial charge in [-0.3, -0.25) is 9.59 Å². The van der Waals surface area contributed by atoms with Gasteiger partial charge in [-0.2, -0.15) is 0 Å². The molecule has 0 heterocycles. The first-order valence-electron chi connectivity index (χ1n) is 6.17. The third-order valence-electron chi connectivity index (χ3n) is 2.32. The van der Waals surface area contributed by atoms with Crippen LogP contribution in [0.15, 0.2) is 24.3 Å². The first kappa shape index (κ1) is 18.1. The molecular weight excluding hydrogens is 323 g/mol. The standard InChI is InChI=1S/C13H14F3NO4S/c14-13(15,16)21-10-3-1-9(2-4-10)7-11(18)17-5-6-22-8-12(19)20/h1-4H,5-8H2,(H,17,18)(H,19,20). The van der Waals surface area contributed by atoms with Gasteiger partial charge in [-0.15, -0.1) is 24.9 Å². The molecule has 0 unspecified atom stereocenters. The quantitative estimate of drug-likeness (QED) is 0.710. The van der Waals surface area contributed by atoms with Crippen LogP contribution in [0, 0.1) is 0 Å². The topological polar surface area (TPSA) is 75.6 Å². The van der Waals surface area contributed by atoms with E-state index in [0.29, 0.717) is 17.9 Å². The number of nitrogens with one attached hydrogen (secondary N) is 1. The Morgan fingerprint density at radius 1 is 1.23 bits per heavy atom. The Morgan fingerprint density at radius 2 is 1.86 bits per heavy atom. The normalized spacial score (nSPS) is 11.0. The molecule has 0 aliphatic rings. The largest absolute Gasteiger partial charge is 0.573 e. The van der Waals surface area contributed by atoms with Gasteiger partial charge in [0.2, 0.25) is 5.91 Å². The first-order valence-corrected chi connectivity index (χ1v) is 7.32. The zero-order valence-electron chi connectivity index (χ0n) is 11.4. The van der Waals surface area contributed by atoms with Gasteiger partial charge in [0.1, 0.15) is 5.75 Å². The fourth-order valence-corrected chi connectivity index (χ4v) is 2.04. The Kier molecular flexibility index (Phi) is 7.03. The van der Waals surface area contributed by atoms with Crippen LogP contribution in [-0.4, -0.2) is 41.4 Å². The van der Waals surface area contributed by atoms with Crippen LogP contribution in [0.2, 0.25) is 0 Å². The summed E-state index contributed by atoms with van der Waals surface area (Å²) in [5, 5.41) is 11.0. The molecule has 2 N–H and O–H groups in total. The van der Waals surface area contributed by atoms with Gasteiger partial charge >= 0.3 is 12.3 Å². The van der Waals surface area contributed by atoms with Crippen molar-refractivity contribution in [3.63, 3.8) is 0 Å².